The van der Waals surface area contributed by atoms with Crippen LogP contribution in [-0.4, -0.2) is 40.5 Å². The van der Waals surface area contributed by atoms with E-state index in [9.17, 15) is 9.90 Å². The molecule has 2 aromatic rings. The van der Waals surface area contributed by atoms with Crippen LogP contribution >= 0.6 is 0 Å². The van der Waals surface area contributed by atoms with Crippen molar-refractivity contribution in [3.8, 4) is 5.75 Å². The molecule has 0 saturated carbocycles. The van der Waals surface area contributed by atoms with Crippen LogP contribution in [0.15, 0.2) is 30.3 Å². The molecule has 1 spiro atoms. The van der Waals surface area contributed by atoms with Crippen molar-refractivity contribution in [2.45, 2.75) is 25.8 Å². The third kappa shape index (κ3) is 2.77. The Kier molecular flexibility index (Phi) is 3.45. The van der Waals surface area contributed by atoms with Crippen molar-refractivity contribution in [1.82, 2.24) is 15.2 Å². The van der Waals surface area contributed by atoms with Gasteiger partial charge in [-0.05, 0) is 43.5 Å². The Balaban J connectivity index is 1.45. The zero-order chi connectivity index (χ0) is 15.9. The van der Waals surface area contributed by atoms with Gasteiger partial charge in [0.25, 0.3) is 0 Å². The second kappa shape index (κ2) is 5.49. The normalized spacial score (nSPS) is 21.0. The molecule has 120 valence electrons. The van der Waals surface area contributed by atoms with Crippen LogP contribution in [-0.2, 0) is 11.3 Å². The number of para-hydroxylation sites is 1. The van der Waals surface area contributed by atoms with E-state index in [2.05, 4.69) is 15.2 Å². The van der Waals surface area contributed by atoms with E-state index in [1.54, 1.807) is 6.07 Å². The maximum atomic E-state index is 11.5. The lowest BCUT2D eigenvalue weighted by Gasteiger charge is -2.38. The predicted molar refractivity (Wildman–Crippen MR) is 88.0 cm³/mol. The van der Waals surface area contributed by atoms with E-state index in [0.717, 1.165) is 50.1 Å². The molecule has 2 N–H and O–H groups in total. The highest BCUT2D eigenvalue weighted by molar-refractivity contribution is 5.84. The summed E-state index contributed by atoms with van der Waals surface area (Å²) in [4.78, 5) is 18.5. The molecule has 0 atom stereocenters. The number of hydrogen-bond donors (Lipinski definition) is 2. The van der Waals surface area contributed by atoms with Crippen LogP contribution in [0.1, 0.15) is 25.0 Å². The quantitative estimate of drug-likeness (QED) is 0.891. The summed E-state index contributed by atoms with van der Waals surface area (Å²) in [5.41, 5.74) is 1.84. The Morgan fingerprint density at radius 3 is 2.78 bits per heavy atom. The first-order chi connectivity index (χ1) is 11.1. The maximum Gasteiger partial charge on any atom is 0.220 e. The molecule has 2 saturated heterocycles. The number of carbonyl (C=O) groups excluding carboxylic acids is 1. The van der Waals surface area contributed by atoms with Crippen LogP contribution in [0.25, 0.3) is 10.9 Å². The number of nitrogens with zero attached hydrogens (tertiary/aromatic N) is 2. The van der Waals surface area contributed by atoms with Crippen LogP contribution in [0.2, 0.25) is 0 Å². The van der Waals surface area contributed by atoms with Crippen molar-refractivity contribution >= 4 is 16.8 Å². The number of rotatable bonds is 2. The number of likely N-dealkylation sites (tertiary alicyclic amines) is 1. The number of benzene rings is 1. The van der Waals surface area contributed by atoms with Crippen LogP contribution in [0.3, 0.4) is 0 Å². The summed E-state index contributed by atoms with van der Waals surface area (Å²) < 4.78 is 0. The minimum Gasteiger partial charge on any atom is -0.506 e. The van der Waals surface area contributed by atoms with Gasteiger partial charge in [-0.2, -0.15) is 0 Å². The number of aromatic hydroxyl groups is 1. The van der Waals surface area contributed by atoms with E-state index >= 15 is 0 Å². The first-order valence-electron chi connectivity index (χ1n) is 8.20. The molecule has 0 bridgehead atoms. The summed E-state index contributed by atoms with van der Waals surface area (Å²) in [5.74, 6) is 0.433. The third-order valence-electron chi connectivity index (χ3n) is 5.26. The summed E-state index contributed by atoms with van der Waals surface area (Å²) in [5, 5.41) is 13.9. The molecule has 23 heavy (non-hydrogen) atoms. The highest BCUT2D eigenvalue weighted by Gasteiger charge is 2.40. The van der Waals surface area contributed by atoms with Gasteiger partial charge in [-0.3, -0.25) is 9.69 Å². The zero-order valence-electron chi connectivity index (χ0n) is 13.1. The summed E-state index contributed by atoms with van der Waals surface area (Å²) in [6, 6.07) is 9.52. The third-order valence-corrected chi connectivity index (χ3v) is 5.26. The van der Waals surface area contributed by atoms with Gasteiger partial charge in [0, 0.05) is 24.9 Å². The van der Waals surface area contributed by atoms with Gasteiger partial charge in [-0.15, -0.1) is 0 Å². The monoisotopic (exact) mass is 311 g/mol. The molecule has 0 aliphatic carbocycles. The van der Waals surface area contributed by atoms with Gasteiger partial charge < -0.3 is 10.4 Å². The van der Waals surface area contributed by atoms with Crippen molar-refractivity contribution in [2.24, 2.45) is 5.41 Å². The number of amides is 1. The van der Waals surface area contributed by atoms with E-state index in [0.29, 0.717) is 11.9 Å². The molecule has 2 fully saturated rings. The number of carbonyl (C=O) groups is 1. The van der Waals surface area contributed by atoms with Crippen LogP contribution in [0.4, 0.5) is 0 Å². The molecule has 5 heteroatoms. The predicted octanol–water partition coefficient (Wildman–Crippen LogP) is 2.04. The van der Waals surface area contributed by atoms with Crippen LogP contribution < -0.4 is 5.32 Å². The molecule has 0 unspecified atom stereocenters. The Hall–Kier alpha value is -2.14. The Labute approximate surface area is 135 Å². The van der Waals surface area contributed by atoms with Crippen molar-refractivity contribution < 1.29 is 9.90 Å². The van der Waals surface area contributed by atoms with Crippen LogP contribution in [0.5, 0.6) is 5.75 Å². The molecule has 5 nitrogen and oxygen atoms in total. The Morgan fingerprint density at radius 1 is 1.22 bits per heavy atom. The largest absolute Gasteiger partial charge is 0.506 e. The number of fused-ring (bicyclic) bond motifs is 1. The molecule has 1 aromatic carbocycles. The zero-order valence-corrected chi connectivity index (χ0v) is 13.1. The number of piperidine rings is 1. The molecule has 2 aliphatic heterocycles. The Bertz CT molecular complexity index is 751. The summed E-state index contributed by atoms with van der Waals surface area (Å²) in [7, 11) is 0. The van der Waals surface area contributed by atoms with E-state index in [-0.39, 0.29) is 17.1 Å². The minimum atomic E-state index is 0.183. The van der Waals surface area contributed by atoms with Gasteiger partial charge in [0.2, 0.25) is 5.91 Å². The number of aromatic nitrogens is 1. The number of phenols is 1. The highest BCUT2D eigenvalue weighted by Crippen LogP contribution is 2.37. The van der Waals surface area contributed by atoms with E-state index < -0.39 is 0 Å². The van der Waals surface area contributed by atoms with Gasteiger partial charge >= 0.3 is 0 Å². The van der Waals surface area contributed by atoms with E-state index in [1.807, 2.05) is 24.3 Å². The lowest BCUT2D eigenvalue weighted by atomic mass is 9.77. The fraction of sp³-hybridized carbons (Fsp3) is 0.444. The van der Waals surface area contributed by atoms with Crippen molar-refractivity contribution in [3.63, 3.8) is 0 Å². The van der Waals surface area contributed by atoms with Gasteiger partial charge in [0.15, 0.2) is 0 Å². The van der Waals surface area contributed by atoms with Gasteiger partial charge in [-0.1, -0.05) is 18.2 Å². The number of pyridine rings is 1. The van der Waals surface area contributed by atoms with E-state index in [4.69, 9.17) is 0 Å². The molecular weight excluding hydrogens is 290 g/mol. The first-order valence-corrected chi connectivity index (χ1v) is 8.20. The SMILES string of the molecule is O=C1CC2(CCN(Cc3ccc4cccc(O)c4n3)CC2)CN1. The molecular formula is C18H21N3O2. The Morgan fingerprint density at radius 2 is 2.04 bits per heavy atom. The molecule has 1 amide bonds. The number of phenolic OH excluding ortho intramolecular Hbond substituents is 1. The lowest BCUT2D eigenvalue weighted by Crippen LogP contribution is -2.40. The minimum absolute atomic E-state index is 0.183. The van der Waals surface area contributed by atoms with Crippen molar-refractivity contribution in [1.29, 1.82) is 0 Å². The smallest absolute Gasteiger partial charge is 0.220 e. The molecule has 3 heterocycles. The van der Waals surface area contributed by atoms with Gasteiger partial charge in [-0.25, -0.2) is 4.98 Å². The second-order valence-corrected chi connectivity index (χ2v) is 6.88. The second-order valence-electron chi connectivity index (χ2n) is 6.88. The molecule has 2 aliphatic rings. The molecule has 0 radical (unpaired) electrons. The fourth-order valence-electron chi connectivity index (χ4n) is 3.78. The average Bonchev–Trinajstić information content (AvgIpc) is 2.92. The lowest BCUT2D eigenvalue weighted by molar-refractivity contribution is -0.119. The maximum absolute atomic E-state index is 11.5. The van der Waals surface area contributed by atoms with Crippen molar-refractivity contribution in [3.05, 3.63) is 36.0 Å². The summed E-state index contributed by atoms with van der Waals surface area (Å²) in [6.45, 7) is 3.62. The molecule has 4 rings (SSSR count). The summed E-state index contributed by atoms with van der Waals surface area (Å²) >= 11 is 0. The highest BCUT2D eigenvalue weighted by atomic mass is 16.3. The van der Waals surface area contributed by atoms with Gasteiger partial charge in [0.05, 0.1) is 5.69 Å². The standard InChI is InChI=1S/C18H21N3O2/c22-15-3-1-2-13-4-5-14(20-17(13)15)11-21-8-6-18(7-9-21)10-16(23)19-12-18/h1-5,22H,6-12H2,(H,19,23). The molecule has 1 aromatic heterocycles. The summed E-state index contributed by atoms with van der Waals surface area (Å²) in [6.07, 6.45) is 2.80. The van der Waals surface area contributed by atoms with E-state index in [1.165, 1.54) is 0 Å². The first kappa shape index (κ1) is 14.5. The van der Waals surface area contributed by atoms with Gasteiger partial charge in [0.1, 0.15) is 11.3 Å². The topological polar surface area (TPSA) is 65.5 Å². The fourth-order valence-corrected chi connectivity index (χ4v) is 3.78. The average molecular weight is 311 g/mol. The van der Waals surface area contributed by atoms with Crippen LogP contribution in [0, 0.1) is 5.41 Å². The number of hydrogen-bond acceptors (Lipinski definition) is 4. The number of nitrogens with one attached hydrogen (secondary N) is 1. The van der Waals surface area contributed by atoms with Crippen molar-refractivity contribution in [2.75, 3.05) is 19.6 Å².